The van der Waals surface area contributed by atoms with E-state index in [1.165, 1.54) is 6.07 Å². The minimum Gasteiger partial charge on any atom is -0.478 e. The van der Waals surface area contributed by atoms with E-state index in [2.05, 4.69) is 4.98 Å². The lowest BCUT2D eigenvalue weighted by Gasteiger charge is -2.10. The van der Waals surface area contributed by atoms with Gasteiger partial charge < -0.3 is 15.4 Å². The van der Waals surface area contributed by atoms with Gasteiger partial charge in [0.2, 0.25) is 11.7 Å². The summed E-state index contributed by atoms with van der Waals surface area (Å²) in [6.07, 6.45) is -5.04. The van der Waals surface area contributed by atoms with E-state index in [-0.39, 0.29) is 29.6 Å². The maximum Gasteiger partial charge on any atom is 0.449 e. The second-order valence-corrected chi connectivity index (χ2v) is 4.31. The zero-order valence-electron chi connectivity index (χ0n) is 10.5. The van der Waals surface area contributed by atoms with Gasteiger partial charge in [-0.15, -0.1) is 0 Å². The maximum absolute atomic E-state index is 13.0. The number of amides is 1. The van der Waals surface area contributed by atoms with Gasteiger partial charge in [-0.25, -0.2) is 9.78 Å². The SMILES string of the molecule is NC(=O)CCn1c(C(F)(F)F)nc2ccc(C(=O)O)cc21. The van der Waals surface area contributed by atoms with Gasteiger partial charge in [-0.3, -0.25) is 4.79 Å². The van der Waals surface area contributed by atoms with Crippen molar-refractivity contribution in [2.45, 2.75) is 19.1 Å². The lowest BCUT2D eigenvalue weighted by molar-refractivity contribution is -0.147. The van der Waals surface area contributed by atoms with Gasteiger partial charge in [-0.2, -0.15) is 13.2 Å². The van der Waals surface area contributed by atoms with Gasteiger partial charge in [-0.05, 0) is 18.2 Å². The van der Waals surface area contributed by atoms with Crippen LogP contribution in [0.2, 0.25) is 0 Å². The van der Waals surface area contributed by atoms with Crippen molar-refractivity contribution in [1.82, 2.24) is 9.55 Å². The van der Waals surface area contributed by atoms with Gasteiger partial charge in [0.1, 0.15) is 0 Å². The number of primary amides is 1. The molecule has 0 aliphatic carbocycles. The minimum atomic E-state index is -4.72. The first-order chi connectivity index (χ1) is 9.70. The summed E-state index contributed by atoms with van der Waals surface area (Å²) in [6.45, 7) is -0.330. The monoisotopic (exact) mass is 301 g/mol. The molecule has 1 amide bonds. The van der Waals surface area contributed by atoms with Crippen LogP contribution in [0.15, 0.2) is 18.2 Å². The van der Waals surface area contributed by atoms with Crippen LogP contribution in [0.1, 0.15) is 22.6 Å². The fourth-order valence-corrected chi connectivity index (χ4v) is 1.92. The molecule has 0 fully saturated rings. The lowest BCUT2D eigenvalue weighted by Crippen LogP contribution is -2.19. The van der Waals surface area contributed by atoms with Crippen LogP contribution in [0.3, 0.4) is 0 Å². The molecule has 0 saturated heterocycles. The topological polar surface area (TPSA) is 98.2 Å². The predicted molar refractivity (Wildman–Crippen MR) is 65.5 cm³/mol. The zero-order chi connectivity index (χ0) is 15.8. The normalized spacial score (nSPS) is 11.8. The van der Waals surface area contributed by atoms with Gasteiger partial charge >= 0.3 is 12.1 Å². The van der Waals surface area contributed by atoms with E-state index < -0.39 is 23.9 Å². The third-order valence-electron chi connectivity index (χ3n) is 2.83. The number of hydrogen-bond acceptors (Lipinski definition) is 3. The molecule has 0 aliphatic heterocycles. The van der Waals surface area contributed by atoms with E-state index in [1.807, 2.05) is 0 Å². The van der Waals surface area contributed by atoms with Gasteiger partial charge in [-0.1, -0.05) is 0 Å². The first-order valence-electron chi connectivity index (χ1n) is 5.79. The fourth-order valence-electron chi connectivity index (χ4n) is 1.92. The molecule has 9 heteroatoms. The van der Waals surface area contributed by atoms with Gasteiger partial charge in [0.15, 0.2) is 0 Å². The number of aromatic nitrogens is 2. The number of carboxylic acid groups (broad SMARTS) is 1. The van der Waals surface area contributed by atoms with Crippen molar-refractivity contribution >= 4 is 22.9 Å². The molecule has 2 rings (SSSR count). The number of nitrogens with two attached hydrogens (primary N) is 1. The number of fused-ring (bicyclic) bond motifs is 1. The maximum atomic E-state index is 13.0. The van der Waals surface area contributed by atoms with Crippen molar-refractivity contribution in [3.8, 4) is 0 Å². The molecule has 3 N–H and O–H groups in total. The second kappa shape index (κ2) is 5.08. The van der Waals surface area contributed by atoms with E-state index in [9.17, 15) is 22.8 Å². The molecule has 1 aromatic heterocycles. The summed E-state index contributed by atoms with van der Waals surface area (Å²) in [4.78, 5) is 25.1. The van der Waals surface area contributed by atoms with Crippen molar-refractivity contribution in [2.24, 2.45) is 5.73 Å². The Labute approximate surface area is 116 Å². The Morgan fingerprint density at radius 1 is 1.33 bits per heavy atom. The summed E-state index contributed by atoms with van der Waals surface area (Å²) < 4.78 is 39.6. The number of carboxylic acids is 1. The average Bonchev–Trinajstić information content (AvgIpc) is 2.73. The molecule has 0 spiro atoms. The number of hydrogen-bond donors (Lipinski definition) is 2. The predicted octanol–water partition coefficient (Wildman–Crippen LogP) is 1.63. The zero-order valence-corrected chi connectivity index (χ0v) is 10.5. The number of halogens is 3. The number of carbonyl (C=O) groups excluding carboxylic acids is 1. The number of benzene rings is 1. The summed E-state index contributed by atoms with van der Waals surface area (Å²) in [7, 11) is 0. The largest absolute Gasteiger partial charge is 0.478 e. The Morgan fingerprint density at radius 3 is 2.52 bits per heavy atom. The van der Waals surface area contributed by atoms with E-state index in [0.29, 0.717) is 0 Å². The highest BCUT2D eigenvalue weighted by atomic mass is 19.4. The molecule has 0 radical (unpaired) electrons. The van der Waals surface area contributed by atoms with E-state index in [0.717, 1.165) is 16.7 Å². The smallest absolute Gasteiger partial charge is 0.449 e. The first-order valence-corrected chi connectivity index (χ1v) is 5.79. The fraction of sp³-hybridized carbons (Fsp3) is 0.250. The molecule has 0 aliphatic rings. The lowest BCUT2D eigenvalue weighted by atomic mass is 10.2. The van der Waals surface area contributed by atoms with Crippen molar-refractivity contribution in [1.29, 1.82) is 0 Å². The van der Waals surface area contributed by atoms with Crippen LogP contribution in [0.25, 0.3) is 11.0 Å². The Kier molecular flexibility index (Phi) is 3.58. The van der Waals surface area contributed by atoms with Crippen molar-refractivity contribution in [2.75, 3.05) is 0 Å². The van der Waals surface area contributed by atoms with Crippen molar-refractivity contribution < 1.29 is 27.9 Å². The Balaban J connectivity index is 2.64. The van der Waals surface area contributed by atoms with Crippen LogP contribution in [0.5, 0.6) is 0 Å². The van der Waals surface area contributed by atoms with E-state index in [4.69, 9.17) is 10.8 Å². The molecular formula is C12H10F3N3O3. The van der Waals surface area contributed by atoms with Crippen LogP contribution in [0, 0.1) is 0 Å². The summed E-state index contributed by atoms with van der Waals surface area (Å²) >= 11 is 0. The van der Waals surface area contributed by atoms with Gasteiger partial charge in [0.05, 0.1) is 16.6 Å². The molecule has 0 saturated carbocycles. The van der Waals surface area contributed by atoms with Crippen LogP contribution in [0.4, 0.5) is 13.2 Å². The van der Waals surface area contributed by atoms with Gasteiger partial charge in [0, 0.05) is 13.0 Å². The first kappa shape index (κ1) is 14.8. The summed E-state index contributed by atoms with van der Waals surface area (Å²) in [5.74, 6) is -3.23. The summed E-state index contributed by atoms with van der Waals surface area (Å²) in [5.41, 5.74) is 4.76. The molecule has 0 atom stereocenters. The highest BCUT2D eigenvalue weighted by molar-refractivity contribution is 5.92. The number of alkyl halides is 3. The average molecular weight is 301 g/mol. The minimum absolute atomic E-state index is 0.00297. The second-order valence-electron chi connectivity index (χ2n) is 4.31. The Bertz CT molecular complexity index is 722. The third kappa shape index (κ3) is 2.96. The Hall–Kier alpha value is -2.58. The molecule has 0 bridgehead atoms. The quantitative estimate of drug-likeness (QED) is 0.896. The van der Waals surface area contributed by atoms with Crippen LogP contribution in [-0.2, 0) is 17.5 Å². The third-order valence-corrected chi connectivity index (χ3v) is 2.83. The number of rotatable bonds is 4. The van der Waals surface area contributed by atoms with Crippen molar-refractivity contribution in [3.63, 3.8) is 0 Å². The molecule has 2 aromatic rings. The number of carbonyl (C=O) groups is 2. The van der Waals surface area contributed by atoms with Crippen molar-refractivity contribution in [3.05, 3.63) is 29.6 Å². The molecule has 1 aromatic carbocycles. The van der Waals surface area contributed by atoms with Crippen LogP contribution >= 0.6 is 0 Å². The highest BCUT2D eigenvalue weighted by Gasteiger charge is 2.37. The van der Waals surface area contributed by atoms with E-state index >= 15 is 0 Å². The molecule has 21 heavy (non-hydrogen) atoms. The molecule has 112 valence electrons. The molecular weight excluding hydrogens is 291 g/mol. The molecule has 6 nitrogen and oxygen atoms in total. The number of nitrogens with zero attached hydrogens (tertiary/aromatic N) is 2. The highest BCUT2D eigenvalue weighted by Crippen LogP contribution is 2.32. The summed E-state index contributed by atoms with van der Waals surface area (Å²) in [5, 5.41) is 8.89. The van der Waals surface area contributed by atoms with Gasteiger partial charge in [0.25, 0.3) is 0 Å². The van der Waals surface area contributed by atoms with Crippen LogP contribution in [-0.4, -0.2) is 26.5 Å². The standard InChI is InChI=1S/C12H10F3N3O3/c13-12(14,15)11-17-7-2-1-6(10(20)21)5-8(7)18(11)4-3-9(16)19/h1-2,5H,3-4H2,(H2,16,19)(H,20,21). The summed E-state index contributed by atoms with van der Waals surface area (Å²) in [6, 6.07) is 3.44. The molecule has 0 unspecified atom stereocenters. The van der Waals surface area contributed by atoms with Crippen LogP contribution < -0.4 is 5.73 Å². The number of aromatic carboxylic acids is 1. The molecule has 1 heterocycles. The number of imidazole rings is 1. The Morgan fingerprint density at radius 2 is 2.00 bits per heavy atom. The van der Waals surface area contributed by atoms with E-state index in [1.54, 1.807) is 0 Å². The number of aryl methyl sites for hydroxylation is 1.